The summed E-state index contributed by atoms with van der Waals surface area (Å²) >= 11 is 3.38. The predicted octanol–water partition coefficient (Wildman–Crippen LogP) is 2.64. The van der Waals surface area contributed by atoms with E-state index in [9.17, 15) is 9.59 Å². The maximum absolute atomic E-state index is 9.96. The summed E-state index contributed by atoms with van der Waals surface area (Å²) in [5.74, 6) is -0.491. The largest absolute Gasteiger partial charge is 0.469 e. The molecule has 0 aliphatic rings. The number of rotatable bonds is 3. The highest BCUT2D eigenvalue weighted by molar-refractivity contribution is 9.08. The van der Waals surface area contributed by atoms with Gasteiger partial charge in [0.1, 0.15) is 12.7 Å². The zero-order chi connectivity index (χ0) is 12.4. The fraction of sp³-hybridized carbons (Fsp3) is 0.333. The molecular formula is C12H15BrO3. The van der Waals surface area contributed by atoms with Gasteiger partial charge in [0.2, 0.25) is 0 Å². The number of carbonyl (C=O) groups is 2. The molecule has 16 heavy (non-hydrogen) atoms. The molecule has 0 amide bonds. The first kappa shape index (κ1) is 14.8. The highest BCUT2D eigenvalue weighted by atomic mass is 79.9. The molecule has 1 rings (SSSR count). The first-order valence-electron chi connectivity index (χ1n) is 4.76. The van der Waals surface area contributed by atoms with E-state index in [0.29, 0.717) is 6.29 Å². The van der Waals surface area contributed by atoms with Crippen LogP contribution in [0.1, 0.15) is 17.5 Å². The molecule has 1 aromatic rings. The number of alkyl halides is 1. The van der Waals surface area contributed by atoms with Crippen molar-refractivity contribution in [2.75, 3.05) is 7.11 Å². The quantitative estimate of drug-likeness (QED) is 0.371. The van der Waals surface area contributed by atoms with E-state index in [-0.39, 0.29) is 6.42 Å². The molecule has 88 valence electrons. The SMILES string of the molecule is COC(=O)CC=O.Cc1ccc(CBr)cc1. The first-order chi connectivity index (χ1) is 7.63. The Bertz CT molecular complexity index is 320. The summed E-state index contributed by atoms with van der Waals surface area (Å²) in [6, 6.07) is 8.50. The van der Waals surface area contributed by atoms with Gasteiger partial charge in [0.25, 0.3) is 0 Å². The van der Waals surface area contributed by atoms with Gasteiger partial charge in [0.05, 0.1) is 7.11 Å². The first-order valence-corrected chi connectivity index (χ1v) is 5.88. The molecule has 0 aromatic heterocycles. The summed E-state index contributed by atoms with van der Waals surface area (Å²) in [5.41, 5.74) is 2.65. The van der Waals surface area contributed by atoms with Crippen LogP contribution >= 0.6 is 15.9 Å². The number of benzene rings is 1. The van der Waals surface area contributed by atoms with Gasteiger partial charge in [0, 0.05) is 5.33 Å². The van der Waals surface area contributed by atoms with Crippen LogP contribution in [0.4, 0.5) is 0 Å². The van der Waals surface area contributed by atoms with Crippen molar-refractivity contribution in [2.24, 2.45) is 0 Å². The minimum Gasteiger partial charge on any atom is -0.469 e. The monoisotopic (exact) mass is 286 g/mol. The Morgan fingerprint density at radius 3 is 2.25 bits per heavy atom. The third kappa shape index (κ3) is 7.17. The van der Waals surface area contributed by atoms with Crippen LogP contribution in [0.5, 0.6) is 0 Å². The van der Waals surface area contributed by atoms with Crippen molar-refractivity contribution in [1.29, 1.82) is 0 Å². The smallest absolute Gasteiger partial charge is 0.312 e. The van der Waals surface area contributed by atoms with Gasteiger partial charge in [-0.25, -0.2) is 0 Å². The Hall–Kier alpha value is -1.16. The summed E-state index contributed by atoms with van der Waals surface area (Å²) < 4.78 is 4.12. The van der Waals surface area contributed by atoms with Crippen LogP contribution in [0, 0.1) is 6.92 Å². The van der Waals surface area contributed by atoms with Crippen LogP contribution in [0.3, 0.4) is 0 Å². The summed E-state index contributed by atoms with van der Waals surface area (Å²) in [5, 5.41) is 0.952. The number of esters is 1. The number of carbonyl (C=O) groups excluding carboxylic acids is 2. The lowest BCUT2D eigenvalue weighted by molar-refractivity contribution is -0.141. The molecule has 0 heterocycles. The lowest BCUT2D eigenvalue weighted by atomic mass is 10.2. The molecule has 0 fully saturated rings. The molecule has 0 radical (unpaired) electrons. The fourth-order valence-electron chi connectivity index (χ4n) is 0.829. The van der Waals surface area contributed by atoms with Crippen molar-refractivity contribution in [1.82, 2.24) is 0 Å². The average molecular weight is 287 g/mol. The molecule has 0 aliphatic carbocycles. The minimum atomic E-state index is -0.491. The van der Waals surface area contributed by atoms with Gasteiger partial charge in [-0.2, -0.15) is 0 Å². The van der Waals surface area contributed by atoms with Crippen LogP contribution in [0.2, 0.25) is 0 Å². The lowest BCUT2D eigenvalue weighted by Gasteiger charge is -1.93. The number of aryl methyl sites for hydroxylation is 1. The van der Waals surface area contributed by atoms with Crippen LogP contribution < -0.4 is 0 Å². The zero-order valence-corrected chi connectivity index (χ0v) is 11.0. The van der Waals surface area contributed by atoms with Crippen LogP contribution in [0.15, 0.2) is 24.3 Å². The molecule has 0 atom stereocenters. The summed E-state index contributed by atoms with van der Waals surface area (Å²) in [7, 11) is 1.24. The van der Waals surface area contributed by atoms with Gasteiger partial charge >= 0.3 is 5.97 Å². The zero-order valence-electron chi connectivity index (χ0n) is 9.40. The molecule has 0 aliphatic heterocycles. The highest BCUT2D eigenvalue weighted by Gasteiger charge is 1.93. The lowest BCUT2D eigenvalue weighted by Crippen LogP contribution is -1.99. The van der Waals surface area contributed by atoms with E-state index in [2.05, 4.69) is 51.9 Å². The second-order valence-electron chi connectivity index (χ2n) is 3.07. The second kappa shape index (κ2) is 9.09. The number of hydrogen-bond acceptors (Lipinski definition) is 3. The van der Waals surface area contributed by atoms with Gasteiger partial charge in [-0.05, 0) is 12.5 Å². The van der Waals surface area contributed by atoms with Crippen molar-refractivity contribution in [3.05, 3.63) is 35.4 Å². The number of halogens is 1. The molecule has 0 spiro atoms. The van der Waals surface area contributed by atoms with Gasteiger partial charge < -0.3 is 9.53 Å². The Kier molecular flexibility index (Phi) is 8.43. The summed E-state index contributed by atoms with van der Waals surface area (Å²) in [6.07, 6.45) is 0.363. The minimum absolute atomic E-state index is 0.142. The Labute approximate surface area is 104 Å². The Morgan fingerprint density at radius 2 is 1.94 bits per heavy atom. The molecule has 3 nitrogen and oxygen atoms in total. The summed E-state index contributed by atoms with van der Waals surface area (Å²) in [4.78, 5) is 19.4. The maximum Gasteiger partial charge on any atom is 0.312 e. The van der Waals surface area contributed by atoms with Gasteiger partial charge in [-0.3, -0.25) is 4.79 Å². The molecular weight excluding hydrogens is 272 g/mol. The molecule has 0 saturated carbocycles. The van der Waals surface area contributed by atoms with E-state index in [1.165, 1.54) is 18.2 Å². The van der Waals surface area contributed by atoms with E-state index in [0.717, 1.165) is 5.33 Å². The van der Waals surface area contributed by atoms with Crippen LogP contribution in [-0.4, -0.2) is 19.4 Å². The number of ether oxygens (including phenoxy) is 1. The van der Waals surface area contributed by atoms with Gasteiger partial charge in [-0.1, -0.05) is 45.8 Å². The fourth-order valence-corrected chi connectivity index (χ4v) is 1.20. The third-order valence-corrected chi connectivity index (χ3v) is 2.40. The van der Waals surface area contributed by atoms with Crippen molar-refractivity contribution in [3.63, 3.8) is 0 Å². The van der Waals surface area contributed by atoms with E-state index in [4.69, 9.17) is 0 Å². The van der Waals surface area contributed by atoms with Crippen molar-refractivity contribution >= 4 is 28.2 Å². The molecule has 1 aromatic carbocycles. The van der Waals surface area contributed by atoms with Crippen molar-refractivity contribution < 1.29 is 14.3 Å². The predicted molar refractivity (Wildman–Crippen MR) is 66.5 cm³/mol. The van der Waals surface area contributed by atoms with E-state index in [1.807, 2.05) is 0 Å². The van der Waals surface area contributed by atoms with E-state index < -0.39 is 5.97 Å². The summed E-state index contributed by atoms with van der Waals surface area (Å²) in [6.45, 7) is 2.10. The number of hydrogen-bond donors (Lipinski definition) is 0. The average Bonchev–Trinajstić information content (AvgIpc) is 2.31. The number of methoxy groups -OCH3 is 1. The molecule has 0 saturated heterocycles. The molecule has 4 heteroatoms. The maximum atomic E-state index is 9.96. The topological polar surface area (TPSA) is 43.4 Å². The van der Waals surface area contributed by atoms with Gasteiger partial charge in [-0.15, -0.1) is 0 Å². The third-order valence-electron chi connectivity index (χ3n) is 1.75. The van der Waals surface area contributed by atoms with Gasteiger partial charge in [0.15, 0.2) is 0 Å². The molecule has 0 N–H and O–H groups in total. The van der Waals surface area contributed by atoms with E-state index >= 15 is 0 Å². The van der Waals surface area contributed by atoms with Crippen molar-refractivity contribution in [2.45, 2.75) is 18.7 Å². The second-order valence-corrected chi connectivity index (χ2v) is 3.63. The molecule has 0 unspecified atom stereocenters. The van der Waals surface area contributed by atoms with Crippen LogP contribution in [-0.2, 0) is 19.7 Å². The molecule has 0 bridgehead atoms. The number of aldehydes is 1. The Balaban J connectivity index is 0.000000293. The van der Waals surface area contributed by atoms with Crippen molar-refractivity contribution in [3.8, 4) is 0 Å². The Morgan fingerprint density at radius 1 is 1.38 bits per heavy atom. The standard InChI is InChI=1S/C8H9Br.C4H6O3/c1-7-2-4-8(6-9)5-3-7;1-7-4(6)2-3-5/h2-5H,6H2,1H3;3H,2H2,1H3. The van der Waals surface area contributed by atoms with Crippen LogP contribution in [0.25, 0.3) is 0 Å². The highest BCUT2D eigenvalue weighted by Crippen LogP contribution is 2.06. The van der Waals surface area contributed by atoms with E-state index in [1.54, 1.807) is 0 Å². The normalized spacial score (nSPS) is 8.69.